The standard InChI is InChI=1S/C29H33FN6O5/c1-19-26(40-14-13-35-11-9-34(2)10-12-35)17-36-27(19)29(31-18-32-36)41-24-8-5-20(15-23(24)30)33-28(37)22-7-6-21(38-3)16-25(22)39-4/h5-8,15-18H,9-14H2,1-4H3,(H,33,37). The number of hydrogen-bond acceptors (Lipinski definition) is 9. The Hall–Kier alpha value is -4.42. The zero-order valence-electron chi connectivity index (χ0n) is 23.5. The zero-order valence-corrected chi connectivity index (χ0v) is 23.5. The van der Waals surface area contributed by atoms with Crippen molar-refractivity contribution >= 4 is 17.1 Å². The highest BCUT2D eigenvalue weighted by molar-refractivity contribution is 6.06. The predicted molar refractivity (Wildman–Crippen MR) is 151 cm³/mol. The Bertz CT molecular complexity index is 1540. The van der Waals surface area contributed by atoms with Crippen molar-refractivity contribution in [3.05, 3.63) is 65.9 Å². The van der Waals surface area contributed by atoms with E-state index in [-0.39, 0.29) is 22.9 Å². The Labute approximate surface area is 237 Å². The second-order valence-electron chi connectivity index (χ2n) is 9.74. The van der Waals surface area contributed by atoms with Crippen LogP contribution in [0.1, 0.15) is 15.9 Å². The van der Waals surface area contributed by atoms with E-state index >= 15 is 4.39 Å². The van der Waals surface area contributed by atoms with E-state index in [1.165, 1.54) is 32.7 Å². The number of fused-ring (bicyclic) bond motifs is 1. The number of aromatic nitrogens is 3. The third-order valence-electron chi connectivity index (χ3n) is 7.06. The molecule has 0 bridgehead atoms. The van der Waals surface area contributed by atoms with Crippen LogP contribution in [-0.4, -0.2) is 90.9 Å². The molecule has 41 heavy (non-hydrogen) atoms. The molecule has 0 spiro atoms. The van der Waals surface area contributed by atoms with Crippen LogP contribution in [0.15, 0.2) is 48.9 Å². The summed E-state index contributed by atoms with van der Waals surface area (Å²) in [6.07, 6.45) is 3.11. The van der Waals surface area contributed by atoms with E-state index in [2.05, 4.69) is 32.2 Å². The molecule has 1 saturated heterocycles. The first-order chi connectivity index (χ1) is 19.9. The maximum absolute atomic E-state index is 15.1. The van der Waals surface area contributed by atoms with Gasteiger partial charge in [0.2, 0.25) is 5.88 Å². The molecule has 1 aliphatic rings. The summed E-state index contributed by atoms with van der Waals surface area (Å²) in [6.45, 7) is 7.38. The molecule has 2 aromatic carbocycles. The molecule has 0 atom stereocenters. The van der Waals surface area contributed by atoms with Crippen LogP contribution in [0.5, 0.6) is 28.9 Å². The quantitative estimate of drug-likeness (QED) is 0.308. The summed E-state index contributed by atoms with van der Waals surface area (Å²) in [5, 5.41) is 6.95. The van der Waals surface area contributed by atoms with Crippen LogP contribution in [0.2, 0.25) is 0 Å². The summed E-state index contributed by atoms with van der Waals surface area (Å²) < 4.78 is 39.1. The smallest absolute Gasteiger partial charge is 0.259 e. The highest BCUT2D eigenvalue weighted by Crippen LogP contribution is 2.33. The first kappa shape index (κ1) is 28.1. The minimum atomic E-state index is -0.672. The largest absolute Gasteiger partial charge is 0.497 e. The molecule has 0 saturated carbocycles. The number of aryl methyl sites for hydroxylation is 1. The van der Waals surface area contributed by atoms with E-state index in [0.29, 0.717) is 29.4 Å². The third-order valence-corrected chi connectivity index (χ3v) is 7.06. The molecular weight excluding hydrogens is 531 g/mol. The molecule has 11 nitrogen and oxygen atoms in total. The fraction of sp³-hybridized carbons (Fsp3) is 0.345. The lowest BCUT2D eigenvalue weighted by Crippen LogP contribution is -2.45. The number of benzene rings is 2. The van der Waals surface area contributed by atoms with Crippen LogP contribution in [-0.2, 0) is 0 Å². The Balaban J connectivity index is 1.27. The Morgan fingerprint density at radius 1 is 1.02 bits per heavy atom. The van der Waals surface area contributed by atoms with Crippen molar-refractivity contribution in [2.75, 3.05) is 65.9 Å². The number of carbonyl (C=O) groups excluding carboxylic acids is 1. The van der Waals surface area contributed by atoms with Crippen LogP contribution in [0.25, 0.3) is 5.52 Å². The first-order valence-corrected chi connectivity index (χ1v) is 13.2. The van der Waals surface area contributed by atoms with Crippen LogP contribution in [0.4, 0.5) is 10.1 Å². The second kappa shape index (κ2) is 12.4. The number of ether oxygens (including phenoxy) is 4. The van der Waals surface area contributed by atoms with Gasteiger partial charge in [-0.25, -0.2) is 8.91 Å². The number of rotatable bonds is 10. The van der Waals surface area contributed by atoms with E-state index in [1.807, 2.05) is 6.92 Å². The number of methoxy groups -OCH3 is 2. The van der Waals surface area contributed by atoms with Crippen LogP contribution < -0.4 is 24.3 Å². The number of hydrogen-bond donors (Lipinski definition) is 1. The summed E-state index contributed by atoms with van der Waals surface area (Å²) in [5.74, 6) is 0.548. The minimum Gasteiger partial charge on any atom is -0.497 e. The van der Waals surface area contributed by atoms with Gasteiger partial charge in [0.15, 0.2) is 11.6 Å². The van der Waals surface area contributed by atoms with Gasteiger partial charge in [-0.05, 0) is 38.2 Å². The number of likely N-dealkylation sites (N-methyl/N-ethyl adjacent to an activating group) is 1. The van der Waals surface area contributed by atoms with Crippen LogP contribution in [0, 0.1) is 12.7 Å². The van der Waals surface area contributed by atoms with Gasteiger partial charge in [0.05, 0.1) is 26.0 Å². The Morgan fingerprint density at radius 2 is 1.83 bits per heavy atom. The van der Waals surface area contributed by atoms with Crippen molar-refractivity contribution in [1.29, 1.82) is 0 Å². The molecule has 2 aromatic heterocycles. The van der Waals surface area contributed by atoms with Crippen molar-refractivity contribution in [2.45, 2.75) is 6.92 Å². The summed E-state index contributed by atoms with van der Waals surface area (Å²) in [5.41, 5.74) is 1.89. The Kier molecular flexibility index (Phi) is 8.50. The molecule has 5 rings (SSSR count). The van der Waals surface area contributed by atoms with Gasteiger partial charge in [0.25, 0.3) is 5.91 Å². The number of anilines is 1. The van der Waals surface area contributed by atoms with Gasteiger partial charge in [0, 0.05) is 56.1 Å². The number of amides is 1. The zero-order chi connectivity index (χ0) is 28.9. The lowest BCUT2D eigenvalue weighted by atomic mass is 10.1. The average Bonchev–Trinajstić information content (AvgIpc) is 3.30. The van der Waals surface area contributed by atoms with E-state index in [4.69, 9.17) is 18.9 Å². The van der Waals surface area contributed by atoms with Crippen molar-refractivity contribution < 1.29 is 28.1 Å². The number of halogens is 1. The van der Waals surface area contributed by atoms with Gasteiger partial charge in [-0.1, -0.05) is 0 Å². The van der Waals surface area contributed by atoms with Crippen LogP contribution >= 0.6 is 0 Å². The molecule has 0 unspecified atom stereocenters. The van der Waals surface area contributed by atoms with E-state index < -0.39 is 11.7 Å². The lowest BCUT2D eigenvalue weighted by molar-refractivity contribution is 0.102. The molecule has 0 aliphatic carbocycles. The van der Waals surface area contributed by atoms with E-state index in [0.717, 1.165) is 38.3 Å². The summed E-state index contributed by atoms with van der Waals surface area (Å²) in [7, 11) is 5.11. The van der Waals surface area contributed by atoms with Gasteiger partial charge >= 0.3 is 0 Å². The van der Waals surface area contributed by atoms with Gasteiger partial charge in [0.1, 0.15) is 35.7 Å². The monoisotopic (exact) mass is 564 g/mol. The molecule has 1 N–H and O–H groups in total. The number of carbonyl (C=O) groups is 1. The number of nitrogens with one attached hydrogen (secondary N) is 1. The molecular formula is C29H33FN6O5. The molecule has 12 heteroatoms. The third kappa shape index (κ3) is 6.34. The minimum absolute atomic E-state index is 0.0521. The molecule has 4 aromatic rings. The average molecular weight is 565 g/mol. The topological polar surface area (TPSA) is 103 Å². The maximum Gasteiger partial charge on any atom is 0.259 e. The fourth-order valence-electron chi connectivity index (χ4n) is 4.63. The summed E-state index contributed by atoms with van der Waals surface area (Å²) >= 11 is 0. The lowest BCUT2D eigenvalue weighted by Gasteiger charge is -2.32. The predicted octanol–water partition coefficient (Wildman–Crippen LogP) is 3.86. The van der Waals surface area contributed by atoms with Crippen molar-refractivity contribution in [2.24, 2.45) is 0 Å². The fourth-order valence-corrected chi connectivity index (χ4v) is 4.63. The summed E-state index contributed by atoms with van der Waals surface area (Å²) in [6, 6.07) is 8.97. The van der Waals surface area contributed by atoms with Crippen molar-refractivity contribution in [3.8, 4) is 28.9 Å². The number of piperazine rings is 1. The van der Waals surface area contributed by atoms with Gasteiger partial charge < -0.3 is 29.2 Å². The van der Waals surface area contributed by atoms with Gasteiger partial charge in [-0.3, -0.25) is 9.69 Å². The van der Waals surface area contributed by atoms with Gasteiger partial charge in [-0.15, -0.1) is 0 Å². The van der Waals surface area contributed by atoms with Gasteiger partial charge in [-0.2, -0.15) is 10.1 Å². The normalized spacial score (nSPS) is 14.2. The summed E-state index contributed by atoms with van der Waals surface area (Å²) in [4.78, 5) is 21.8. The molecule has 216 valence electrons. The second-order valence-corrected chi connectivity index (χ2v) is 9.74. The van der Waals surface area contributed by atoms with Crippen molar-refractivity contribution in [3.63, 3.8) is 0 Å². The SMILES string of the molecule is COc1ccc(C(=O)Nc2ccc(Oc3ncnn4cc(OCCN5CCN(C)CC5)c(C)c34)c(F)c2)c(OC)c1. The first-order valence-electron chi connectivity index (χ1n) is 13.2. The highest BCUT2D eigenvalue weighted by atomic mass is 19.1. The molecule has 3 heterocycles. The molecule has 1 aliphatic heterocycles. The van der Waals surface area contributed by atoms with Crippen LogP contribution in [0.3, 0.4) is 0 Å². The Morgan fingerprint density at radius 3 is 2.56 bits per heavy atom. The number of nitrogens with zero attached hydrogens (tertiary/aromatic N) is 5. The van der Waals surface area contributed by atoms with E-state index in [1.54, 1.807) is 35.0 Å². The molecule has 0 radical (unpaired) electrons. The molecule has 1 fully saturated rings. The maximum atomic E-state index is 15.1. The highest BCUT2D eigenvalue weighted by Gasteiger charge is 2.19. The van der Waals surface area contributed by atoms with Crippen molar-refractivity contribution in [1.82, 2.24) is 24.4 Å². The van der Waals surface area contributed by atoms with E-state index in [9.17, 15) is 4.79 Å². The molecule has 1 amide bonds.